The fraction of sp³-hybridized carbons (Fsp3) is 0.257. The third-order valence-corrected chi connectivity index (χ3v) is 9.95. The molecule has 1 N–H and O–H groups in total. The Morgan fingerprint density at radius 2 is 1.45 bits per heavy atom. The highest BCUT2D eigenvalue weighted by molar-refractivity contribution is 6.76. The molecule has 7 heteroatoms. The molecule has 6 rings (SSSR count). The maximum Gasteiger partial charge on any atom is 0.265 e. The smallest absolute Gasteiger partial charge is 0.265 e. The van der Waals surface area contributed by atoms with Crippen LogP contribution in [0.4, 0.5) is 11.4 Å². The lowest BCUT2D eigenvalue weighted by Gasteiger charge is -2.29. The number of aliphatic hydroxyl groups is 1. The van der Waals surface area contributed by atoms with Crippen LogP contribution in [0.15, 0.2) is 103 Å². The van der Waals surface area contributed by atoms with E-state index in [2.05, 4.69) is 19.6 Å². The van der Waals surface area contributed by atoms with E-state index >= 15 is 0 Å². The molecule has 2 amide bonds. The van der Waals surface area contributed by atoms with Gasteiger partial charge in [-0.3, -0.25) is 14.5 Å². The molecular formula is C35H36N2O4Si. The first kappa shape index (κ1) is 28.1. The van der Waals surface area contributed by atoms with Crippen LogP contribution in [0.1, 0.15) is 22.6 Å². The molecule has 42 heavy (non-hydrogen) atoms. The minimum absolute atomic E-state index is 0.0780. The van der Waals surface area contributed by atoms with Crippen LogP contribution in [0.2, 0.25) is 25.7 Å². The van der Waals surface area contributed by atoms with Gasteiger partial charge in [-0.1, -0.05) is 111 Å². The number of anilines is 2. The number of para-hydroxylation sites is 1. The van der Waals surface area contributed by atoms with E-state index in [0.29, 0.717) is 29.1 Å². The number of benzene rings is 4. The molecule has 0 unspecified atom stereocenters. The van der Waals surface area contributed by atoms with Crippen LogP contribution in [0.5, 0.6) is 0 Å². The van der Waals surface area contributed by atoms with Crippen molar-refractivity contribution in [3.63, 3.8) is 0 Å². The van der Waals surface area contributed by atoms with Crippen LogP contribution in [0.3, 0.4) is 0 Å². The summed E-state index contributed by atoms with van der Waals surface area (Å²) in [6.07, 6.45) is 0. The molecule has 0 fully saturated rings. The molecule has 2 atom stereocenters. The number of nitrogens with zero attached hydrogens (tertiary/aromatic N) is 2. The van der Waals surface area contributed by atoms with E-state index < -0.39 is 25.5 Å². The van der Waals surface area contributed by atoms with Gasteiger partial charge in [0.15, 0.2) is 5.60 Å². The molecule has 214 valence electrons. The molecule has 0 spiro atoms. The van der Waals surface area contributed by atoms with Crippen LogP contribution in [0, 0.1) is 0 Å². The largest absolute Gasteiger partial charge is 0.374 e. The summed E-state index contributed by atoms with van der Waals surface area (Å²) in [5.74, 6) is -1.93. The monoisotopic (exact) mass is 576 g/mol. The molecule has 2 heterocycles. The zero-order valence-corrected chi connectivity index (χ0v) is 25.3. The second-order valence-electron chi connectivity index (χ2n) is 12.3. The summed E-state index contributed by atoms with van der Waals surface area (Å²) in [7, 11) is -1.31. The number of amides is 2. The predicted octanol–water partition coefficient (Wildman–Crippen LogP) is 6.53. The molecule has 0 aromatic heterocycles. The van der Waals surface area contributed by atoms with Gasteiger partial charge in [0, 0.05) is 20.2 Å². The maximum atomic E-state index is 14.4. The number of ether oxygens (including phenoxy) is 1. The van der Waals surface area contributed by atoms with Crippen molar-refractivity contribution in [2.75, 3.05) is 23.1 Å². The topological polar surface area (TPSA) is 70.1 Å². The highest BCUT2D eigenvalue weighted by Gasteiger charge is 2.61. The Morgan fingerprint density at radius 1 is 0.786 bits per heavy atom. The number of hydrogen-bond acceptors (Lipinski definition) is 4. The number of carbonyl (C=O) groups is 2. The zero-order valence-electron chi connectivity index (χ0n) is 24.3. The van der Waals surface area contributed by atoms with Gasteiger partial charge in [-0.05, 0) is 40.4 Å². The number of carbonyl (C=O) groups excluding carboxylic acids is 2. The van der Waals surface area contributed by atoms with Crippen molar-refractivity contribution in [2.24, 2.45) is 0 Å². The summed E-state index contributed by atoms with van der Waals surface area (Å²) in [5, 5.41) is 12.6. The Balaban J connectivity index is 1.41. The quantitative estimate of drug-likeness (QED) is 0.182. The van der Waals surface area contributed by atoms with Crippen LogP contribution in [-0.2, 0) is 26.5 Å². The van der Waals surface area contributed by atoms with Crippen molar-refractivity contribution in [3.8, 4) is 11.1 Å². The van der Waals surface area contributed by atoms with Gasteiger partial charge >= 0.3 is 0 Å². The van der Waals surface area contributed by atoms with Gasteiger partial charge in [-0.2, -0.15) is 0 Å². The first-order chi connectivity index (χ1) is 20.2. The number of hydrogen-bond donors (Lipinski definition) is 1. The first-order valence-electron chi connectivity index (χ1n) is 14.4. The lowest BCUT2D eigenvalue weighted by molar-refractivity contribution is -0.144. The molecule has 4 aromatic rings. The SMILES string of the molecule is C[Si](C)(C)CCOCN1C(=O)[C@@H]([C@@]2(O)C(=O)N(Cc3ccccc3)c3cc(-c4ccccc4)ccc32)c2ccccc21. The third kappa shape index (κ3) is 4.98. The van der Waals surface area contributed by atoms with Crippen molar-refractivity contribution < 1.29 is 19.4 Å². The number of rotatable bonds is 9. The minimum Gasteiger partial charge on any atom is -0.374 e. The van der Waals surface area contributed by atoms with E-state index in [4.69, 9.17) is 4.74 Å². The Kier molecular flexibility index (Phi) is 7.35. The average molecular weight is 577 g/mol. The van der Waals surface area contributed by atoms with Gasteiger partial charge in [0.2, 0.25) is 5.91 Å². The molecule has 0 saturated carbocycles. The van der Waals surface area contributed by atoms with Crippen molar-refractivity contribution >= 4 is 31.3 Å². The van der Waals surface area contributed by atoms with Crippen LogP contribution in [0.25, 0.3) is 11.1 Å². The van der Waals surface area contributed by atoms with E-state index in [1.807, 2.05) is 103 Å². The molecular weight excluding hydrogens is 540 g/mol. The van der Waals surface area contributed by atoms with E-state index in [0.717, 1.165) is 22.7 Å². The van der Waals surface area contributed by atoms with Crippen molar-refractivity contribution in [2.45, 2.75) is 43.7 Å². The van der Waals surface area contributed by atoms with Gasteiger partial charge in [-0.25, -0.2) is 0 Å². The molecule has 0 saturated heterocycles. The lowest BCUT2D eigenvalue weighted by Crippen LogP contribution is -2.48. The summed E-state index contributed by atoms with van der Waals surface area (Å²) in [6, 6.07) is 33.7. The standard InChI is InChI=1S/C35H36N2O4Si/c1-42(2,3)21-20-41-24-37-30-17-11-10-16-28(30)32(33(37)38)35(40)29-19-18-27(26-14-8-5-9-15-26)22-31(29)36(34(35)39)23-25-12-6-4-7-13-25/h4-19,22,32,40H,20-21,23-24H2,1-3H3/t32-,35+/m0/s1. The highest BCUT2D eigenvalue weighted by atomic mass is 28.3. The normalized spacial score (nSPS) is 19.8. The summed E-state index contributed by atoms with van der Waals surface area (Å²) < 4.78 is 5.99. The van der Waals surface area contributed by atoms with E-state index in [1.165, 1.54) is 0 Å². The fourth-order valence-corrected chi connectivity index (χ4v) is 6.73. The molecule has 0 radical (unpaired) electrons. The zero-order chi connectivity index (χ0) is 29.5. The van der Waals surface area contributed by atoms with Crippen LogP contribution < -0.4 is 9.80 Å². The third-order valence-electron chi connectivity index (χ3n) is 8.25. The Bertz CT molecular complexity index is 1620. The van der Waals surface area contributed by atoms with Gasteiger partial charge in [0.1, 0.15) is 12.6 Å². The van der Waals surface area contributed by atoms with E-state index in [9.17, 15) is 14.7 Å². The fourth-order valence-electron chi connectivity index (χ4n) is 5.98. The van der Waals surface area contributed by atoms with Gasteiger partial charge in [0.05, 0.1) is 17.9 Å². The molecule has 6 nitrogen and oxygen atoms in total. The molecule has 0 aliphatic carbocycles. The minimum atomic E-state index is -2.07. The highest BCUT2D eigenvalue weighted by Crippen LogP contribution is 2.54. The molecule has 2 aliphatic rings. The van der Waals surface area contributed by atoms with Gasteiger partial charge in [-0.15, -0.1) is 0 Å². The van der Waals surface area contributed by atoms with Crippen molar-refractivity contribution in [1.82, 2.24) is 0 Å². The first-order valence-corrected chi connectivity index (χ1v) is 18.2. The van der Waals surface area contributed by atoms with Gasteiger partial charge < -0.3 is 14.7 Å². The van der Waals surface area contributed by atoms with Crippen LogP contribution >= 0.6 is 0 Å². The summed E-state index contributed by atoms with van der Waals surface area (Å²) in [5.41, 5.74) is 3.16. The van der Waals surface area contributed by atoms with Crippen molar-refractivity contribution in [1.29, 1.82) is 0 Å². The Labute approximate surface area is 248 Å². The van der Waals surface area contributed by atoms with Crippen LogP contribution in [-0.4, -0.2) is 38.3 Å². The predicted molar refractivity (Wildman–Crippen MR) is 169 cm³/mol. The maximum absolute atomic E-state index is 14.4. The Hall–Kier alpha value is -4.04. The van der Waals surface area contributed by atoms with E-state index in [1.54, 1.807) is 9.80 Å². The average Bonchev–Trinajstić information content (AvgIpc) is 3.39. The Morgan fingerprint density at radius 3 is 2.17 bits per heavy atom. The van der Waals surface area contributed by atoms with E-state index in [-0.39, 0.29) is 19.2 Å². The second-order valence-corrected chi connectivity index (χ2v) is 18.0. The summed E-state index contributed by atoms with van der Waals surface area (Å²) >= 11 is 0. The number of fused-ring (bicyclic) bond motifs is 2. The second kappa shape index (κ2) is 11.0. The van der Waals surface area contributed by atoms with Gasteiger partial charge in [0.25, 0.3) is 5.91 Å². The summed E-state index contributed by atoms with van der Waals surface area (Å²) in [4.78, 5) is 31.8. The van der Waals surface area contributed by atoms with Crippen molar-refractivity contribution in [3.05, 3.63) is 120 Å². The molecule has 0 bridgehead atoms. The molecule has 2 aliphatic heterocycles. The summed E-state index contributed by atoms with van der Waals surface area (Å²) in [6.45, 7) is 7.77. The lowest BCUT2D eigenvalue weighted by atomic mass is 9.78. The molecule has 4 aromatic carbocycles.